The number of ketones is 1. The summed E-state index contributed by atoms with van der Waals surface area (Å²) >= 11 is 0. The third kappa shape index (κ3) is 2.50. The molecule has 2 aliphatic carbocycles. The second kappa shape index (κ2) is 7.16. The van der Waals surface area contributed by atoms with Gasteiger partial charge in [0.25, 0.3) is 0 Å². The molecule has 2 unspecified atom stereocenters. The van der Waals surface area contributed by atoms with Crippen molar-refractivity contribution in [3.05, 3.63) is 23.8 Å². The second-order valence-electron chi connectivity index (χ2n) is 12.6. The van der Waals surface area contributed by atoms with Crippen molar-refractivity contribution < 1.29 is 58.2 Å². The van der Waals surface area contributed by atoms with E-state index < -0.39 is 86.9 Å². The maximum atomic E-state index is 13.9. The quantitative estimate of drug-likeness (QED) is 0.184. The first-order valence-corrected chi connectivity index (χ1v) is 12.9. The minimum atomic E-state index is -2.59. The molecule has 0 aromatic heterocycles. The lowest BCUT2D eigenvalue weighted by Crippen LogP contribution is -2.72. The number of hydrogen-bond acceptors (Lipinski definition) is 12. The van der Waals surface area contributed by atoms with Crippen molar-refractivity contribution in [3.63, 3.8) is 0 Å². The maximum Gasteiger partial charge on any atom is 0.340 e. The number of ether oxygens (including phenoxy) is 5. The van der Waals surface area contributed by atoms with E-state index in [4.69, 9.17) is 23.7 Å². The number of epoxide rings is 1. The Morgan fingerprint density at radius 3 is 2.33 bits per heavy atom. The molecule has 10 atom stereocenters. The van der Waals surface area contributed by atoms with Gasteiger partial charge in [-0.2, -0.15) is 0 Å². The van der Waals surface area contributed by atoms with Crippen molar-refractivity contribution in [2.75, 3.05) is 7.11 Å². The summed E-state index contributed by atoms with van der Waals surface area (Å²) in [5, 5.41) is 34.9. The van der Waals surface area contributed by atoms with Crippen LogP contribution in [0.15, 0.2) is 23.8 Å². The fourth-order valence-electron chi connectivity index (χ4n) is 8.99. The lowest BCUT2D eigenvalue weighted by atomic mass is 9.45. The second-order valence-corrected chi connectivity index (χ2v) is 12.6. The van der Waals surface area contributed by atoms with Gasteiger partial charge in [-0.1, -0.05) is 26.8 Å². The molecule has 12 heteroatoms. The summed E-state index contributed by atoms with van der Waals surface area (Å²) in [6.45, 7) is 7.77. The molecule has 0 aromatic rings. The van der Waals surface area contributed by atoms with Crippen LogP contribution in [0.4, 0.5) is 0 Å². The van der Waals surface area contributed by atoms with Gasteiger partial charge in [0, 0.05) is 16.9 Å². The molecule has 3 N–H and O–H groups in total. The van der Waals surface area contributed by atoms with Crippen molar-refractivity contribution in [2.45, 2.75) is 88.5 Å². The lowest BCUT2D eigenvalue weighted by molar-refractivity contribution is -0.339. The summed E-state index contributed by atoms with van der Waals surface area (Å²) in [6, 6.07) is 0. The number of Topliss-reactive ketones (excluding diaryl/α,β-unsaturated/α-hetero) is 1. The third-order valence-electron chi connectivity index (χ3n) is 10.7. The number of rotatable bonds is 3. The summed E-state index contributed by atoms with van der Waals surface area (Å²) in [6.07, 6.45) is 0.199. The molecule has 212 valence electrons. The van der Waals surface area contributed by atoms with Gasteiger partial charge >= 0.3 is 17.9 Å². The first kappa shape index (κ1) is 26.6. The molecule has 0 aromatic carbocycles. The monoisotopic (exact) mass is 548 g/mol. The van der Waals surface area contributed by atoms with Crippen molar-refractivity contribution in [1.82, 2.24) is 0 Å². The smallest absolute Gasteiger partial charge is 0.340 e. The SMILES string of the molecule is COC(=O)/C=C\[C@]1(C)C2CC[C@@]3(C)[C@H](C4=CC(O)OC4=O)OC(=O)[C@H]4O[C@]43[C@]2(C)[C@]2(O)OC(C)(C)C(=O)[C@@]21O. The van der Waals surface area contributed by atoms with Crippen LogP contribution in [0.1, 0.15) is 47.5 Å². The Morgan fingerprint density at radius 1 is 1.08 bits per heavy atom. The number of methoxy groups -OCH3 is 1. The van der Waals surface area contributed by atoms with Crippen molar-refractivity contribution >= 4 is 23.7 Å². The van der Waals surface area contributed by atoms with Crippen LogP contribution < -0.4 is 0 Å². The van der Waals surface area contributed by atoms with Crippen LogP contribution in [0, 0.1) is 22.2 Å². The molecular formula is C27H32O12. The van der Waals surface area contributed by atoms with Crippen LogP contribution in [0.2, 0.25) is 0 Å². The molecule has 0 bridgehead atoms. The van der Waals surface area contributed by atoms with E-state index in [0.717, 1.165) is 12.2 Å². The number of carbonyl (C=O) groups excluding carboxylic acids is 4. The molecule has 1 spiro atoms. The van der Waals surface area contributed by atoms with Crippen LogP contribution in [0.3, 0.4) is 0 Å². The lowest BCUT2D eigenvalue weighted by Gasteiger charge is -2.59. The predicted molar refractivity (Wildman–Crippen MR) is 126 cm³/mol. The summed E-state index contributed by atoms with van der Waals surface area (Å²) in [4.78, 5) is 52.0. The molecule has 12 nitrogen and oxygen atoms in total. The molecular weight excluding hydrogens is 516 g/mol. The van der Waals surface area contributed by atoms with Gasteiger partial charge in [-0.15, -0.1) is 0 Å². The zero-order valence-electron chi connectivity index (χ0n) is 22.5. The molecule has 6 rings (SSSR count). The normalized spacial score (nSPS) is 52.8. The topological polar surface area (TPSA) is 178 Å². The third-order valence-corrected chi connectivity index (χ3v) is 10.7. The van der Waals surface area contributed by atoms with Crippen LogP contribution in [-0.4, -0.2) is 87.2 Å². The van der Waals surface area contributed by atoms with Crippen molar-refractivity contribution in [2.24, 2.45) is 22.2 Å². The van der Waals surface area contributed by atoms with Gasteiger partial charge in [-0.3, -0.25) is 4.79 Å². The highest BCUT2D eigenvalue weighted by molar-refractivity contribution is 6.00. The van der Waals surface area contributed by atoms with E-state index in [9.17, 15) is 34.5 Å². The fraction of sp³-hybridized carbons (Fsp3) is 0.704. The van der Waals surface area contributed by atoms with Crippen LogP contribution in [-0.2, 0) is 42.9 Å². The van der Waals surface area contributed by atoms with Crippen LogP contribution >= 0.6 is 0 Å². The summed E-state index contributed by atoms with van der Waals surface area (Å²) in [5.74, 6) is -6.54. The van der Waals surface area contributed by atoms with Gasteiger partial charge in [-0.25, -0.2) is 14.4 Å². The van der Waals surface area contributed by atoms with Crippen LogP contribution in [0.25, 0.3) is 0 Å². The van der Waals surface area contributed by atoms with E-state index in [-0.39, 0.29) is 18.4 Å². The predicted octanol–water partition coefficient (Wildman–Crippen LogP) is -0.180. The van der Waals surface area contributed by atoms with Crippen molar-refractivity contribution in [1.29, 1.82) is 0 Å². The number of fused-ring (bicyclic) bond motifs is 3. The van der Waals surface area contributed by atoms with E-state index >= 15 is 0 Å². The summed E-state index contributed by atoms with van der Waals surface area (Å²) in [7, 11) is 1.19. The van der Waals surface area contributed by atoms with Crippen molar-refractivity contribution in [3.8, 4) is 0 Å². The highest BCUT2D eigenvalue weighted by atomic mass is 16.7. The summed E-state index contributed by atoms with van der Waals surface area (Å²) < 4.78 is 27.7. The van der Waals surface area contributed by atoms with Gasteiger partial charge in [0.2, 0.25) is 17.9 Å². The number of aliphatic hydroxyl groups excluding tert-OH is 1. The first-order valence-electron chi connectivity index (χ1n) is 12.9. The van der Waals surface area contributed by atoms with Gasteiger partial charge in [-0.05, 0) is 38.7 Å². The van der Waals surface area contributed by atoms with E-state index in [0.29, 0.717) is 0 Å². The Balaban J connectivity index is 1.60. The van der Waals surface area contributed by atoms with E-state index in [1.54, 1.807) is 20.8 Å². The number of hydrogen-bond donors (Lipinski definition) is 3. The molecule has 0 amide bonds. The molecule has 0 radical (unpaired) electrons. The number of aliphatic hydroxyl groups is 3. The molecule has 6 aliphatic rings. The first-order chi connectivity index (χ1) is 17.9. The van der Waals surface area contributed by atoms with Gasteiger partial charge in [0.1, 0.15) is 17.3 Å². The Morgan fingerprint density at radius 2 is 1.74 bits per heavy atom. The molecule has 4 aliphatic heterocycles. The molecule has 2 saturated carbocycles. The van der Waals surface area contributed by atoms with E-state index in [2.05, 4.69) is 0 Å². The van der Waals surface area contributed by atoms with Gasteiger partial charge in [0.05, 0.1) is 18.1 Å². The van der Waals surface area contributed by atoms with E-state index in [1.165, 1.54) is 27.0 Å². The Hall–Kier alpha value is -2.64. The molecule has 5 fully saturated rings. The highest BCUT2D eigenvalue weighted by Crippen LogP contribution is 2.83. The average molecular weight is 549 g/mol. The summed E-state index contributed by atoms with van der Waals surface area (Å²) in [5.41, 5.74) is -10.3. The zero-order valence-corrected chi connectivity index (χ0v) is 22.5. The molecule has 4 heterocycles. The Kier molecular flexibility index (Phi) is 4.88. The maximum absolute atomic E-state index is 13.9. The van der Waals surface area contributed by atoms with Gasteiger partial charge < -0.3 is 39.0 Å². The number of esters is 3. The standard InChI is InChI=1S/C27H32O12/c1-21(2)20(32)25(33)22(3,10-8-14(28)35-6)13-7-9-23(4)16(12-11-15(29)36-18(12)30)37-19(31)17-26(23,38-17)24(13,5)27(25,34)39-21/h8,10-11,13,15-17,29,33-34H,7,9H2,1-6H3/b10-8-/t13?,15?,16-,17+,22+,23-,24+,25-,26+,27-/m0/s1. The van der Waals surface area contributed by atoms with Gasteiger partial charge in [0.15, 0.2) is 11.7 Å². The molecule has 3 saturated heterocycles. The molecule has 39 heavy (non-hydrogen) atoms. The van der Waals surface area contributed by atoms with Crippen LogP contribution in [0.5, 0.6) is 0 Å². The number of cyclic esters (lactones) is 2. The number of carbonyl (C=O) groups is 4. The fourth-order valence-corrected chi connectivity index (χ4v) is 8.99. The average Bonchev–Trinajstić information content (AvgIpc) is 3.50. The minimum absolute atomic E-state index is 0.0638. The zero-order chi connectivity index (χ0) is 28.8. The largest absolute Gasteiger partial charge is 0.466 e. The minimum Gasteiger partial charge on any atom is -0.466 e. The Bertz CT molecular complexity index is 1300. The Labute approximate surface area is 223 Å². The highest BCUT2D eigenvalue weighted by Gasteiger charge is 2.98. The van der Waals surface area contributed by atoms with E-state index in [1.807, 2.05) is 0 Å².